The van der Waals surface area contributed by atoms with Crippen LogP contribution in [0.15, 0.2) is 61.1 Å². The molecule has 0 bridgehead atoms. The van der Waals surface area contributed by atoms with Crippen LogP contribution in [0.5, 0.6) is 0 Å². The molecule has 0 atom stereocenters. The van der Waals surface area contributed by atoms with Crippen molar-refractivity contribution in [2.45, 2.75) is 18.4 Å². The summed E-state index contributed by atoms with van der Waals surface area (Å²) in [5.74, 6) is 0.00871. The van der Waals surface area contributed by atoms with Crippen LogP contribution in [0.1, 0.15) is 24.0 Å². The molecular weight excluding hydrogens is 250 g/mol. The van der Waals surface area contributed by atoms with E-state index in [-0.39, 0.29) is 5.97 Å². The molecule has 102 valence electrons. The van der Waals surface area contributed by atoms with E-state index in [2.05, 4.69) is 24.7 Å². The Bertz CT molecular complexity index is 572. The van der Waals surface area contributed by atoms with Crippen LogP contribution < -0.4 is 0 Å². The van der Waals surface area contributed by atoms with E-state index in [9.17, 15) is 4.79 Å². The summed E-state index contributed by atoms with van der Waals surface area (Å²) in [6.45, 7) is 11.1. The molecule has 3 heteroatoms. The zero-order valence-corrected chi connectivity index (χ0v) is 11.3. The lowest BCUT2D eigenvalue weighted by Gasteiger charge is -2.17. The van der Waals surface area contributed by atoms with E-state index in [0.717, 1.165) is 11.1 Å². The molecule has 1 aliphatic heterocycles. The summed E-state index contributed by atoms with van der Waals surface area (Å²) in [4.78, 5) is 16.6. The third-order valence-electron chi connectivity index (χ3n) is 3.24. The van der Waals surface area contributed by atoms with Crippen molar-refractivity contribution in [3.8, 4) is 0 Å². The number of hydrogen-bond donors (Lipinski definition) is 0. The largest absolute Gasteiger partial charge is 0.405 e. The van der Waals surface area contributed by atoms with E-state index in [1.807, 2.05) is 24.3 Å². The summed E-state index contributed by atoms with van der Waals surface area (Å²) < 4.78 is 5.33. The lowest BCUT2D eigenvalue weighted by Crippen LogP contribution is -2.32. The van der Waals surface area contributed by atoms with Crippen molar-refractivity contribution >= 4 is 17.9 Å². The average molecular weight is 267 g/mol. The van der Waals surface area contributed by atoms with Gasteiger partial charge in [-0.05, 0) is 17.7 Å². The fourth-order valence-electron chi connectivity index (χ4n) is 2.15. The van der Waals surface area contributed by atoms with Crippen molar-refractivity contribution in [3.05, 3.63) is 67.3 Å². The van der Waals surface area contributed by atoms with Gasteiger partial charge in [-0.3, -0.25) is 0 Å². The zero-order chi connectivity index (χ0) is 14.6. The fourth-order valence-corrected chi connectivity index (χ4v) is 2.15. The number of nitrogens with zero attached hydrogens (tertiary/aromatic N) is 1. The van der Waals surface area contributed by atoms with E-state index in [0.29, 0.717) is 18.7 Å². The van der Waals surface area contributed by atoms with Gasteiger partial charge in [0.25, 0.3) is 0 Å². The van der Waals surface area contributed by atoms with Gasteiger partial charge in [0.1, 0.15) is 0 Å². The minimum Gasteiger partial charge on any atom is -0.405 e. The summed E-state index contributed by atoms with van der Waals surface area (Å²) in [5, 5.41) is 0. The van der Waals surface area contributed by atoms with Crippen LogP contribution in [0.2, 0.25) is 0 Å². The first kappa shape index (κ1) is 14.0. The molecule has 0 radical (unpaired) electrons. The highest BCUT2D eigenvalue weighted by Gasteiger charge is 2.44. The van der Waals surface area contributed by atoms with E-state index >= 15 is 0 Å². The van der Waals surface area contributed by atoms with Gasteiger partial charge in [-0.1, -0.05) is 36.9 Å². The fraction of sp³-hybridized carbons (Fsp3) is 0.176. The van der Waals surface area contributed by atoms with Crippen molar-refractivity contribution in [2.24, 2.45) is 4.99 Å². The summed E-state index contributed by atoms with van der Waals surface area (Å²) in [5.41, 5.74) is 0.872. The van der Waals surface area contributed by atoms with Gasteiger partial charge in [-0.2, -0.15) is 0 Å². The Hall–Kier alpha value is -2.42. The maximum atomic E-state index is 12.1. The molecule has 1 aromatic carbocycles. The number of aliphatic imine (C=N–C) groups is 1. The average Bonchev–Trinajstić information content (AvgIpc) is 2.77. The quantitative estimate of drug-likeness (QED) is 0.584. The Kier molecular flexibility index (Phi) is 3.99. The number of ether oxygens (including phenoxy) is 1. The second-order valence-corrected chi connectivity index (χ2v) is 4.65. The third-order valence-corrected chi connectivity index (χ3v) is 3.24. The van der Waals surface area contributed by atoms with E-state index < -0.39 is 5.54 Å². The van der Waals surface area contributed by atoms with Crippen molar-refractivity contribution in [3.63, 3.8) is 0 Å². The Morgan fingerprint density at radius 1 is 1.10 bits per heavy atom. The highest BCUT2D eigenvalue weighted by atomic mass is 16.6. The second-order valence-electron chi connectivity index (χ2n) is 4.65. The van der Waals surface area contributed by atoms with Crippen LogP contribution in [-0.4, -0.2) is 17.4 Å². The van der Waals surface area contributed by atoms with Crippen molar-refractivity contribution in [1.82, 2.24) is 0 Å². The second kappa shape index (κ2) is 5.70. The van der Waals surface area contributed by atoms with Gasteiger partial charge in [-0.25, -0.2) is 9.79 Å². The highest BCUT2D eigenvalue weighted by molar-refractivity contribution is 6.08. The Labute approximate surface area is 119 Å². The van der Waals surface area contributed by atoms with Crippen LogP contribution in [-0.2, 0) is 9.53 Å². The number of hydrogen-bond acceptors (Lipinski definition) is 3. The summed E-state index contributed by atoms with van der Waals surface area (Å²) in [7, 11) is 0. The first-order valence-corrected chi connectivity index (χ1v) is 6.42. The number of carbonyl (C=O) groups is 1. The van der Waals surface area contributed by atoms with Gasteiger partial charge in [0.05, 0.1) is 0 Å². The van der Waals surface area contributed by atoms with Crippen LogP contribution in [0, 0.1) is 0 Å². The Morgan fingerprint density at radius 2 is 1.70 bits per heavy atom. The molecule has 0 N–H and O–H groups in total. The van der Waals surface area contributed by atoms with Crippen molar-refractivity contribution in [2.75, 3.05) is 0 Å². The van der Waals surface area contributed by atoms with Crippen LogP contribution in [0.4, 0.5) is 0 Å². The van der Waals surface area contributed by atoms with Gasteiger partial charge in [0.15, 0.2) is 5.54 Å². The minimum absolute atomic E-state index is 0.347. The smallest absolute Gasteiger partial charge is 0.341 e. The lowest BCUT2D eigenvalue weighted by atomic mass is 9.92. The predicted molar refractivity (Wildman–Crippen MR) is 81.5 cm³/mol. The number of benzene rings is 1. The maximum Gasteiger partial charge on any atom is 0.341 e. The Balaban J connectivity index is 2.36. The molecule has 0 fully saturated rings. The van der Waals surface area contributed by atoms with Crippen LogP contribution in [0.3, 0.4) is 0 Å². The molecule has 0 unspecified atom stereocenters. The first-order valence-electron chi connectivity index (χ1n) is 6.42. The summed E-state index contributed by atoms with van der Waals surface area (Å²) in [6, 6.07) is 7.53. The molecule has 20 heavy (non-hydrogen) atoms. The molecule has 1 aliphatic rings. The number of esters is 1. The molecule has 0 amide bonds. The van der Waals surface area contributed by atoms with Gasteiger partial charge < -0.3 is 4.74 Å². The number of cyclic esters (lactones) is 1. The van der Waals surface area contributed by atoms with Crippen LogP contribution in [0.25, 0.3) is 6.08 Å². The summed E-state index contributed by atoms with van der Waals surface area (Å²) >= 11 is 0. The van der Waals surface area contributed by atoms with E-state index in [1.165, 1.54) is 0 Å². The molecule has 1 aromatic rings. The molecule has 1 heterocycles. The number of rotatable bonds is 6. The molecule has 0 aromatic heterocycles. The highest BCUT2D eigenvalue weighted by Crippen LogP contribution is 2.30. The van der Waals surface area contributed by atoms with Crippen molar-refractivity contribution in [1.29, 1.82) is 0 Å². The molecule has 2 rings (SSSR count). The normalized spacial score (nSPS) is 16.2. The minimum atomic E-state index is -0.907. The van der Waals surface area contributed by atoms with E-state index in [1.54, 1.807) is 18.2 Å². The Morgan fingerprint density at radius 3 is 2.20 bits per heavy atom. The van der Waals surface area contributed by atoms with Crippen molar-refractivity contribution < 1.29 is 9.53 Å². The lowest BCUT2D eigenvalue weighted by molar-refractivity contribution is -0.138. The SMILES string of the molecule is C=CCC1(CC=C)N=C(c2ccc(C=C)cc2)OC1=O. The van der Waals surface area contributed by atoms with Gasteiger partial charge in [0, 0.05) is 18.4 Å². The van der Waals surface area contributed by atoms with Gasteiger partial charge in [0.2, 0.25) is 5.90 Å². The van der Waals surface area contributed by atoms with Crippen LogP contribution >= 0.6 is 0 Å². The van der Waals surface area contributed by atoms with E-state index in [4.69, 9.17) is 4.74 Å². The monoisotopic (exact) mass is 267 g/mol. The molecule has 3 nitrogen and oxygen atoms in total. The standard InChI is InChI=1S/C17H17NO2/c1-4-11-17(12-5-2)16(19)20-15(18-17)14-9-7-13(6-3)8-10-14/h4-10H,1-3,11-12H2. The number of carbonyl (C=O) groups excluding carboxylic acids is 1. The predicted octanol–water partition coefficient (Wildman–Crippen LogP) is 3.52. The van der Waals surface area contributed by atoms with Gasteiger partial charge in [-0.15, -0.1) is 13.2 Å². The third kappa shape index (κ3) is 2.48. The maximum absolute atomic E-state index is 12.1. The summed E-state index contributed by atoms with van der Waals surface area (Å²) in [6.07, 6.45) is 5.99. The molecule has 0 aliphatic carbocycles. The molecule has 0 saturated carbocycles. The first-order chi connectivity index (χ1) is 9.65. The molecule has 0 saturated heterocycles. The zero-order valence-electron chi connectivity index (χ0n) is 11.3. The molecule has 0 spiro atoms. The molecular formula is C17H17NO2. The van der Waals surface area contributed by atoms with Gasteiger partial charge >= 0.3 is 5.97 Å². The topological polar surface area (TPSA) is 38.7 Å².